The Balaban J connectivity index is 1.13. The average Bonchev–Trinajstić information content (AvgIpc) is 3.77. The zero-order valence-electron chi connectivity index (χ0n) is 27.5. The number of hydrogen-bond donors (Lipinski definition) is 0. The van der Waals surface area contributed by atoms with E-state index in [0.29, 0.717) is 51.9 Å². The van der Waals surface area contributed by atoms with Crippen molar-refractivity contribution in [2.45, 2.75) is 0 Å². The molecule has 8 heteroatoms. The molecule has 244 valence electrons. The van der Waals surface area contributed by atoms with E-state index < -0.39 is 0 Å². The first-order chi connectivity index (χ1) is 25.7. The minimum atomic E-state index is 0.440. The molecule has 4 heterocycles. The van der Waals surface area contributed by atoms with Crippen LogP contribution in [0.15, 0.2) is 167 Å². The molecular formula is C44H26N6O2. The molecule has 0 fully saturated rings. The van der Waals surface area contributed by atoms with Gasteiger partial charge in [-0.15, -0.1) is 0 Å². The summed E-state index contributed by atoms with van der Waals surface area (Å²) in [6, 6.07) is 51.7. The monoisotopic (exact) mass is 670 g/mol. The van der Waals surface area contributed by atoms with Crippen LogP contribution in [0.25, 0.3) is 101 Å². The SMILES string of the molecule is c1ccc(-c2nc(-c3ccccc3)nc(-c3ccc4oc5oc6ccc(-c7nc(-c8ccccc8)nc(-c8ccccc8)n7)cc6c5c4c3)n2)cc1. The van der Waals surface area contributed by atoms with Gasteiger partial charge in [0.2, 0.25) is 0 Å². The predicted octanol–water partition coefficient (Wildman–Crippen LogP) is 10.7. The third kappa shape index (κ3) is 5.26. The van der Waals surface area contributed by atoms with Crippen molar-refractivity contribution in [1.82, 2.24) is 29.9 Å². The Bertz CT molecular complexity index is 2580. The molecule has 0 amide bonds. The number of furan rings is 2. The van der Waals surface area contributed by atoms with E-state index in [0.717, 1.165) is 49.5 Å². The molecule has 0 spiro atoms. The van der Waals surface area contributed by atoms with E-state index in [-0.39, 0.29) is 0 Å². The largest absolute Gasteiger partial charge is 0.425 e. The van der Waals surface area contributed by atoms with Crippen molar-refractivity contribution < 1.29 is 8.83 Å². The Labute approximate surface area is 297 Å². The Morgan fingerprint density at radius 3 is 0.885 bits per heavy atom. The van der Waals surface area contributed by atoms with Crippen LogP contribution in [0, 0.1) is 0 Å². The maximum absolute atomic E-state index is 6.25. The number of aromatic nitrogens is 6. The lowest BCUT2D eigenvalue weighted by Gasteiger charge is -2.08. The zero-order valence-corrected chi connectivity index (χ0v) is 27.5. The van der Waals surface area contributed by atoms with Crippen molar-refractivity contribution in [1.29, 1.82) is 0 Å². The lowest BCUT2D eigenvalue weighted by molar-refractivity contribution is 0.524. The molecule has 6 aromatic carbocycles. The molecule has 0 saturated carbocycles. The molecule has 8 nitrogen and oxygen atoms in total. The highest BCUT2D eigenvalue weighted by Crippen LogP contribution is 2.40. The van der Waals surface area contributed by atoms with E-state index >= 15 is 0 Å². The van der Waals surface area contributed by atoms with Gasteiger partial charge in [-0.2, -0.15) is 0 Å². The fourth-order valence-electron chi connectivity index (χ4n) is 6.47. The van der Waals surface area contributed by atoms with Crippen LogP contribution in [0.4, 0.5) is 0 Å². The molecule has 0 saturated heterocycles. The fraction of sp³-hybridized carbons (Fsp3) is 0. The van der Waals surface area contributed by atoms with E-state index in [2.05, 4.69) is 12.1 Å². The molecule has 0 aliphatic rings. The lowest BCUT2D eigenvalue weighted by atomic mass is 10.1. The van der Waals surface area contributed by atoms with Gasteiger partial charge in [-0.1, -0.05) is 121 Å². The summed E-state index contributed by atoms with van der Waals surface area (Å²) in [6.07, 6.45) is 0. The Hall–Kier alpha value is -7.32. The van der Waals surface area contributed by atoms with Gasteiger partial charge in [-0.25, -0.2) is 29.9 Å². The van der Waals surface area contributed by atoms with Crippen molar-refractivity contribution in [3.63, 3.8) is 0 Å². The van der Waals surface area contributed by atoms with Crippen molar-refractivity contribution >= 4 is 33.1 Å². The molecule has 10 rings (SSSR count). The second-order valence-electron chi connectivity index (χ2n) is 12.4. The number of nitrogens with zero attached hydrogens (tertiary/aromatic N) is 6. The topological polar surface area (TPSA) is 104 Å². The van der Waals surface area contributed by atoms with E-state index in [1.54, 1.807) is 0 Å². The fourth-order valence-corrected chi connectivity index (χ4v) is 6.47. The van der Waals surface area contributed by atoms with Crippen molar-refractivity contribution in [3.05, 3.63) is 158 Å². The summed E-state index contributed by atoms with van der Waals surface area (Å²) in [7, 11) is 0. The smallest absolute Gasteiger partial charge is 0.299 e. The summed E-state index contributed by atoms with van der Waals surface area (Å²) in [5.74, 6) is 3.96. The van der Waals surface area contributed by atoms with Crippen LogP contribution in [-0.2, 0) is 0 Å². The number of hydrogen-bond acceptors (Lipinski definition) is 8. The molecule has 0 radical (unpaired) electrons. The van der Waals surface area contributed by atoms with Gasteiger partial charge in [0.25, 0.3) is 5.78 Å². The summed E-state index contributed by atoms with van der Waals surface area (Å²) in [6.45, 7) is 0. The molecule has 4 aromatic heterocycles. The van der Waals surface area contributed by atoms with Crippen molar-refractivity contribution in [2.75, 3.05) is 0 Å². The van der Waals surface area contributed by atoms with Gasteiger partial charge in [0.1, 0.15) is 11.2 Å². The maximum atomic E-state index is 6.25. The quantitative estimate of drug-likeness (QED) is 0.172. The normalized spacial score (nSPS) is 11.5. The average molecular weight is 671 g/mol. The molecular weight excluding hydrogens is 645 g/mol. The van der Waals surface area contributed by atoms with Crippen LogP contribution in [0.5, 0.6) is 0 Å². The lowest BCUT2D eigenvalue weighted by Crippen LogP contribution is -2.00. The number of fused-ring (bicyclic) bond motifs is 5. The summed E-state index contributed by atoms with van der Waals surface area (Å²) < 4.78 is 12.5. The van der Waals surface area contributed by atoms with E-state index in [4.69, 9.17) is 38.7 Å². The van der Waals surface area contributed by atoms with Gasteiger partial charge in [-0.05, 0) is 36.4 Å². The minimum Gasteiger partial charge on any atom is -0.425 e. The Morgan fingerprint density at radius 1 is 0.288 bits per heavy atom. The molecule has 0 unspecified atom stereocenters. The molecule has 52 heavy (non-hydrogen) atoms. The second-order valence-corrected chi connectivity index (χ2v) is 12.4. The van der Waals surface area contributed by atoms with E-state index in [1.807, 2.05) is 146 Å². The highest BCUT2D eigenvalue weighted by Gasteiger charge is 2.20. The molecule has 0 bridgehead atoms. The second kappa shape index (κ2) is 12.2. The van der Waals surface area contributed by atoms with Crippen molar-refractivity contribution in [2.24, 2.45) is 0 Å². The van der Waals surface area contributed by atoms with Crippen LogP contribution in [0.1, 0.15) is 0 Å². The van der Waals surface area contributed by atoms with Crippen LogP contribution < -0.4 is 0 Å². The first kappa shape index (κ1) is 29.6. The third-order valence-electron chi connectivity index (χ3n) is 9.02. The zero-order chi connectivity index (χ0) is 34.4. The van der Waals surface area contributed by atoms with Gasteiger partial charge < -0.3 is 8.83 Å². The summed E-state index contributed by atoms with van der Waals surface area (Å²) >= 11 is 0. The molecule has 0 aliphatic heterocycles. The Morgan fingerprint density at radius 2 is 0.577 bits per heavy atom. The van der Waals surface area contributed by atoms with E-state index in [1.165, 1.54) is 0 Å². The number of benzene rings is 6. The molecule has 0 N–H and O–H groups in total. The van der Waals surface area contributed by atoms with Gasteiger partial charge in [-0.3, -0.25) is 0 Å². The summed E-state index contributed by atoms with van der Waals surface area (Å²) in [4.78, 5) is 29.5. The maximum Gasteiger partial charge on any atom is 0.299 e. The van der Waals surface area contributed by atoms with Gasteiger partial charge in [0.15, 0.2) is 34.9 Å². The third-order valence-corrected chi connectivity index (χ3v) is 9.02. The first-order valence-corrected chi connectivity index (χ1v) is 16.9. The Kier molecular flexibility index (Phi) is 6.95. The minimum absolute atomic E-state index is 0.440. The standard InChI is InChI=1S/C44H26N6O2/c1-5-13-27(14-6-1)38-45-39(28-15-7-2-8-16-28)48-42(47-38)31-21-23-35-33(25-31)37-34-26-32(22-24-36(34)52-44(37)51-35)43-49-40(29-17-9-3-10-18-29)46-41(50-43)30-19-11-4-12-20-30/h1-26H. The summed E-state index contributed by atoms with van der Waals surface area (Å²) in [5.41, 5.74) is 6.69. The molecule has 0 aliphatic carbocycles. The van der Waals surface area contributed by atoms with Crippen LogP contribution in [-0.4, -0.2) is 29.9 Å². The van der Waals surface area contributed by atoms with Crippen LogP contribution in [0.3, 0.4) is 0 Å². The van der Waals surface area contributed by atoms with Gasteiger partial charge in [0, 0.05) is 44.2 Å². The predicted molar refractivity (Wildman–Crippen MR) is 203 cm³/mol. The van der Waals surface area contributed by atoms with E-state index in [9.17, 15) is 0 Å². The highest BCUT2D eigenvalue weighted by molar-refractivity contribution is 6.18. The highest BCUT2D eigenvalue weighted by atomic mass is 16.5. The summed E-state index contributed by atoms with van der Waals surface area (Å²) in [5, 5.41) is 2.63. The number of rotatable bonds is 6. The van der Waals surface area contributed by atoms with Crippen LogP contribution in [0.2, 0.25) is 0 Å². The van der Waals surface area contributed by atoms with Gasteiger partial charge >= 0.3 is 0 Å². The molecule has 10 aromatic rings. The van der Waals surface area contributed by atoms with Gasteiger partial charge in [0.05, 0.1) is 5.39 Å². The molecule has 0 atom stereocenters. The first-order valence-electron chi connectivity index (χ1n) is 16.9. The van der Waals surface area contributed by atoms with Crippen molar-refractivity contribution in [3.8, 4) is 68.3 Å². The van der Waals surface area contributed by atoms with Crippen LogP contribution >= 0.6 is 0 Å².